The molecule has 20 heavy (non-hydrogen) atoms. The van der Waals surface area contributed by atoms with Gasteiger partial charge in [0.15, 0.2) is 0 Å². The molecule has 1 unspecified atom stereocenters. The van der Waals surface area contributed by atoms with Crippen molar-refractivity contribution in [3.05, 3.63) is 35.4 Å². The summed E-state index contributed by atoms with van der Waals surface area (Å²) in [5.41, 5.74) is 2.07. The van der Waals surface area contributed by atoms with E-state index in [1.807, 2.05) is 19.1 Å². The quantitative estimate of drug-likeness (QED) is 0.895. The highest BCUT2D eigenvalue weighted by atomic mass is 16.2. The lowest BCUT2D eigenvalue weighted by Crippen LogP contribution is -2.48. The lowest BCUT2D eigenvalue weighted by atomic mass is 9.90. The Morgan fingerprint density at radius 2 is 2.00 bits per heavy atom. The Kier molecular flexibility index (Phi) is 4.48. The van der Waals surface area contributed by atoms with Gasteiger partial charge in [-0.05, 0) is 51.4 Å². The first-order valence-corrected chi connectivity index (χ1v) is 7.50. The van der Waals surface area contributed by atoms with Gasteiger partial charge in [-0.15, -0.1) is 0 Å². The Morgan fingerprint density at radius 1 is 1.35 bits per heavy atom. The first-order chi connectivity index (χ1) is 9.40. The number of likely N-dealkylation sites (tertiary alicyclic amines) is 1. The van der Waals surface area contributed by atoms with Gasteiger partial charge in [0.25, 0.3) is 0 Å². The maximum Gasteiger partial charge on any atom is 0.224 e. The van der Waals surface area contributed by atoms with Gasteiger partial charge in [-0.3, -0.25) is 4.79 Å². The van der Waals surface area contributed by atoms with E-state index in [1.165, 1.54) is 17.5 Å². The third-order valence-electron chi connectivity index (χ3n) is 4.18. The van der Waals surface area contributed by atoms with Gasteiger partial charge >= 0.3 is 0 Å². The first kappa shape index (κ1) is 15.0. The molecular formula is C17H26N2O. The summed E-state index contributed by atoms with van der Waals surface area (Å²) in [7, 11) is 0. The number of carbonyl (C=O) groups excluding carboxylic acids is 1. The summed E-state index contributed by atoms with van der Waals surface area (Å²) in [5, 5.41) is 3.20. The van der Waals surface area contributed by atoms with Gasteiger partial charge in [0.2, 0.25) is 5.91 Å². The predicted molar refractivity (Wildman–Crippen MR) is 82.6 cm³/mol. The Labute approximate surface area is 122 Å². The standard InChI is InChI=1S/C17H26N2O/c1-13-8-5-6-9-15(13)17(3,4)18-16(20)14(2)12-19-10-7-11-19/h5-6,8-9,14H,7,10-12H2,1-4H3,(H,18,20). The first-order valence-electron chi connectivity index (χ1n) is 7.50. The minimum Gasteiger partial charge on any atom is -0.347 e. The van der Waals surface area contributed by atoms with Gasteiger partial charge in [0, 0.05) is 12.5 Å². The van der Waals surface area contributed by atoms with Crippen molar-refractivity contribution in [2.45, 2.75) is 39.7 Å². The molecule has 3 heteroatoms. The van der Waals surface area contributed by atoms with Crippen LogP contribution in [0.3, 0.4) is 0 Å². The number of benzene rings is 1. The molecule has 1 heterocycles. The minimum absolute atomic E-state index is 0.0404. The van der Waals surface area contributed by atoms with E-state index in [2.05, 4.69) is 43.1 Å². The number of rotatable bonds is 5. The van der Waals surface area contributed by atoms with Crippen LogP contribution in [0.4, 0.5) is 0 Å². The van der Waals surface area contributed by atoms with Crippen LogP contribution in [0.2, 0.25) is 0 Å². The zero-order valence-electron chi connectivity index (χ0n) is 13.1. The molecule has 1 aliphatic heterocycles. The summed E-state index contributed by atoms with van der Waals surface area (Å²) in [6, 6.07) is 8.24. The molecule has 0 saturated carbocycles. The van der Waals surface area contributed by atoms with Crippen LogP contribution in [0, 0.1) is 12.8 Å². The van der Waals surface area contributed by atoms with Crippen molar-refractivity contribution in [3.63, 3.8) is 0 Å². The molecule has 0 aliphatic carbocycles. The number of nitrogens with one attached hydrogen (secondary N) is 1. The van der Waals surface area contributed by atoms with Gasteiger partial charge in [-0.2, -0.15) is 0 Å². The molecule has 1 aromatic rings. The molecule has 1 atom stereocenters. The zero-order valence-corrected chi connectivity index (χ0v) is 13.1. The largest absolute Gasteiger partial charge is 0.347 e. The maximum atomic E-state index is 12.4. The van der Waals surface area contributed by atoms with E-state index >= 15 is 0 Å². The number of carbonyl (C=O) groups is 1. The van der Waals surface area contributed by atoms with Crippen LogP contribution in [-0.4, -0.2) is 30.4 Å². The average molecular weight is 274 g/mol. The van der Waals surface area contributed by atoms with Crippen LogP contribution >= 0.6 is 0 Å². The van der Waals surface area contributed by atoms with Gasteiger partial charge in [-0.1, -0.05) is 31.2 Å². The molecule has 1 saturated heterocycles. The molecule has 0 aromatic heterocycles. The van der Waals surface area contributed by atoms with Crippen LogP contribution in [0.5, 0.6) is 0 Å². The van der Waals surface area contributed by atoms with E-state index in [1.54, 1.807) is 0 Å². The monoisotopic (exact) mass is 274 g/mol. The zero-order chi connectivity index (χ0) is 14.8. The van der Waals surface area contributed by atoms with Gasteiger partial charge in [0.05, 0.1) is 5.54 Å². The number of nitrogens with zero attached hydrogens (tertiary/aromatic N) is 1. The fourth-order valence-electron chi connectivity index (χ4n) is 2.81. The summed E-state index contributed by atoms with van der Waals surface area (Å²) >= 11 is 0. The topological polar surface area (TPSA) is 32.3 Å². The smallest absolute Gasteiger partial charge is 0.224 e. The number of aryl methyl sites for hydroxylation is 1. The number of hydrogen-bond donors (Lipinski definition) is 1. The molecule has 1 fully saturated rings. The molecule has 0 bridgehead atoms. The van der Waals surface area contributed by atoms with E-state index in [0.29, 0.717) is 0 Å². The Bertz CT molecular complexity index is 478. The number of amides is 1. The van der Waals surface area contributed by atoms with Crippen molar-refractivity contribution in [1.82, 2.24) is 10.2 Å². The molecule has 2 rings (SSSR count). The van der Waals surface area contributed by atoms with Crippen molar-refractivity contribution >= 4 is 5.91 Å². The maximum absolute atomic E-state index is 12.4. The van der Waals surface area contributed by atoms with E-state index in [0.717, 1.165) is 19.6 Å². The van der Waals surface area contributed by atoms with E-state index in [4.69, 9.17) is 0 Å². The number of hydrogen-bond acceptors (Lipinski definition) is 2. The van der Waals surface area contributed by atoms with Crippen molar-refractivity contribution in [2.24, 2.45) is 5.92 Å². The van der Waals surface area contributed by atoms with Crippen molar-refractivity contribution < 1.29 is 4.79 Å². The van der Waals surface area contributed by atoms with Gasteiger partial charge in [0.1, 0.15) is 0 Å². The highest BCUT2D eigenvalue weighted by Gasteiger charge is 2.28. The second-order valence-electron chi connectivity index (χ2n) is 6.48. The van der Waals surface area contributed by atoms with Crippen LogP contribution in [0.1, 0.15) is 38.3 Å². The summed E-state index contributed by atoms with van der Waals surface area (Å²) < 4.78 is 0. The van der Waals surface area contributed by atoms with Crippen LogP contribution in [0.25, 0.3) is 0 Å². The molecule has 1 aliphatic rings. The van der Waals surface area contributed by atoms with Crippen LogP contribution in [-0.2, 0) is 10.3 Å². The SMILES string of the molecule is Cc1ccccc1C(C)(C)NC(=O)C(C)CN1CCC1. The van der Waals surface area contributed by atoms with E-state index in [-0.39, 0.29) is 17.4 Å². The van der Waals surface area contributed by atoms with Gasteiger partial charge in [-0.25, -0.2) is 0 Å². The Morgan fingerprint density at radius 3 is 2.55 bits per heavy atom. The highest BCUT2D eigenvalue weighted by molar-refractivity contribution is 5.79. The lowest BCUT2D eigenvalue weighted by Gasteiger charge is -2.34. The Balaban J connectivity index is 1.99. The second kappa shape index (κ2) is 5.96. The lowest BCUT2D eigenvalue weighted by molar-refractivity contribution is -0.127. The summed E-state index contributed by atoms with van der Waals surface area (Å²) in [6.45, 7) is 11.4. The minimum atomic E-state index is -0.328. The van der Waals surface area contributed by atoms with E-state index in [9.17, 15) is 4.79 Å². The predicted octanol–water partition coefficient (Wildman–Crippen LogP) is 2.69. The molecular weight excluding hydrogens is 248 g/mol. The van der Waals surface area contributed by atoms with Crippen molar-refractivity contribution in [3.8, 4) is 0 Å². The van der Waals surface area contributed by atoms with Crippen molar-refractivity contribution in [1.29, 1.82) is 0 Å². The Hall–Kier alpha value is -1.35. The molecule has 1 aromatic carbocycles. The van der Waals surface area contributed by atoms with E-state index < -0.39 is 0 Å². The molecule has 3 nitrogen and oxygen atoms in total. The van der Waals surface area contributed by atoms with Crippen LogP contribution < -0.4 is 5.32 Å². The average Bonchev–Trinajstić information content (AvgIpc) is 2.33. The van der Waals surface area contributed by atoms with Crippen LogP contribution in [0.15, 0.2) is 24.3 Å². The fraction of sp³-hybridized carbons (Fsp3) is 0.588. The van der Waals surface area contributed by atoms with Gasteiger partial charge < -0.3 is 10.2 Å². The summed E-state index contributed by atoms with van der Waals surface area (Å²) in [4.78, 5) is 14.7. The second-order valence-corrected chi connectivity index (χ2v) is 6.48. The summed E-state index contributed by atoms with van der Waals surface area (Å²) in [6.07, 6.45) is 1.27. The molecule has 110 valence electrons. The highest BCUT2D eigenvalue weighted by Crippen LogP contribution is 2.24. The fourth-order valence-corrected chi connectivity index (χ4v) is 2.81. The third kappa shape index (κ3) is 3.40. The van der Waals surface area contributed by atoms with Crippen molar-refractivity contribution in [2.75, 3.05) is 19.6 Å². The molecule has 1 amide bonds. The molecule has 0 radical (unpaired) electrons. The molecule has 1 N–H and O–H groups in total. The third-order valence-corrected chi connectivity index (χ3v) is 4.18. The summed E-state index contributed by atoms with van der Waals surface area (Å²) in [5.74, 6) is 0.184. The molecule has 0 spiro atoms. The normalized spacial score (nSPS) is 17.4.